The van der Waals surface area contributed by atoms with Gasteiger partial charge in [-0.2, -0.15) is 8.42 Å². The van der Waals surface area contributed by atoms with Crippen molar-refractivity contribution in [3.63, 3.8) is 0 Å². The molecule has 0 aliphatic heterocycles. The summed E-state index contributed by atoms with van der Waals surface area (Å²) in [5.74, 6) is 0. The summed E-state index contributed by atoms with van der Waals surface area (Å²) in [6, 6.07) is 5.60. The third kappa shape index (κ3) is 1.64. The van der Waals surface area contributed by atoms with E-state index in [-0.39, 0.29) is 11.3 Å². The van der Waals surface area contributed by atoms with Crippen LogP contribution in [0.5, 0.6) is 0 Å². The van der Waals surface area contributed by atoms with Crippen molar-refractivity contribution in [2.75, 3.05) is 0 Å². The maximum absolute atomic E-state index is 11.2. The third-order valence-corrected chi connectivity index (χ3v) is 3.83. The van der Waals surface area contributed by atoms with Crippen LogP contribution >= 0.6 is 0 Å². The predicted molar refractivity (Wildman–Crippen MR) is 65.0 cm³/mol. The molecule has 0 amide bonds. The van der Waals surface area contributed by atoms with Gasteiger partial charge >= 0.3 is 0 Å². The number of benzene rings is 1. The van der Waals surface area contributed by atoms with E-state index in [1.807, 2.05) is 18.2 Å². The molecule has 0 bridgehead atoms. The fourth-order valence-electron chi connectivity index (χ4n) is 2.17. The Morgan fingerprint density at radius 3 is 2.82 bits per heavy atom. The van der Waals surface area contributed by atoms with Gasteiger partial charge in [-0.15, -0.1) is 0 Å². The summed E-state index contributed by atoms with van der Waals surface area (Å²) in [6.45, 7) is 0. The highest BCUT2D eigenvalue weighted by atomic mass is 32.2. The molecule has 0 saturated heterocycles. The number of rotatable bonds is 1. The average molecular weight is 247 g/mol. The zero-order valence-electron chi connectivity index (χ0n) is 8.79. The van der Waals surface area contributed by atoms with Gasteiger partial charge < -0.3 is 0 Å². The van der Waals surface area contributed by atoms with E-state index >= 15 is 0 Å². The number of hydrogen-bond donors (Lipinski definition) is 1. The lowest BCUT2D eigenvalue weighted by Crippen LogP contribution is -2.08. The van der Waals surface area contributed by atoms with Crippen molar-refractivity contribution >= 4 is 27.0 Å². The molecule has 4 nitrogen and oxygen atoms in total. The molecular weight excluding hydrogens is 238 g/mol. The molecule has 0 fully saturated rings. The minimum Gasteiger partial charge on any atom is -0.282 e. The van der Waals surface area contributed by atoms with Gasteiger partial charge in [0.05, 0.1) is 4.91 Å². The molecule has 0 radical (unpaired) electrons. The van der Waals surface area contributed by atoms with Crippen LogP contribution in [0.3, 0.4) is 0 Å². The summed E-state index contributed by atoms with van der Waals surface area (Å²) < 4.78 is 31.5. The molecule has 0 unspecified atom stereocenters. The van der Waals surface area contributed by atoms with Gasteiger partial charge in [-0.3, -0.25) is 9.54 Å². The second-order valence-electron chi connectivity index (χ2n) is 4.01. The van der Waals surface area contributed by atoms with Gasteiger partial charge in [0, 0.05) is 24.2 Å². The Morgan fingerprint density at radius 1 is 1.24 bits per heavy atom. The number of pyridine rings is 1. The SMILES string of the molecule is O=S(=O)(O)C1=Cc2cccc3cncc(c23)C1. The molecule has 2 aromatic rings. The molecule has 0 spiro atoms. The lowest BCUT2D eigenvalue weighted by molar-refractivity contribution is 0.490. The Bertz CT molecular complexity index is 742. The van der Waals surface area contributed by atoms with E-state index in [1.54, 1.807) is 12.4 Å². The Balaban J connectivity index is 2.37. The highest BCUT2D eigenvalue weighted by Gasteiger charge is 2.21. The minimum atomic E-state index is -4.13. The first kappa shape index (κ1) is 10.4. The van der Waals surface area contributed by atoms with Gasteiger partial charge in [0.25, 0.3) is 10.1 Å². The van der Waals surface area contributed by atoms with Crippen LogP contribution in [0.1, 0.15) is 11.1 Å². The molecular formula is C12H9NO3S. The van der Waals surface area contributed by atoms with E-state index in [4.69, 9.17) is 4.55 Å². The standard InChI is InChI=1S/C12H9NO3S/c14-17(15,16)11-4-8-2-1-3-9-6-13-7-10(5-11)12(8)9/h1-4,6-7H,5H2,(H,14,15,16). The van der Waals surface area contributed by atoms with Crippen LogP contribution < -0.4 is 0 Å². The lowest BCUT2D eigenvalue weighted by atomic mass is 9.95. The zero-order chi connectivity index (χ0) is 12.0. The van der Waals surface area contributed by atoms with Crippen LogP contribution in [-0.2, 0) is 16.5 Å². The molecule has 1 aromatic heterocycles. The van der Waals surface area contributed by atoms with E-state index in [9.17, 15) is 8.42 Å². The maximum atomic E-state index is 11.2. The second kappa shape index (κ2) is 3.38. The zero-order valence-corrected chi connectivity index (χ0v) is 9.61. The van der Waals surface area contributed by atoms with Crippen molar-refractivity contribution in [1.29, 1.82) is 0 Å². The van der Waals surface area contributed by atoms with Crippen molar-refractivity contribution in [3.8, 4) is 0 Å². The van der Waals surface area contributed by atoms with Crippen LogP contribution in [-0.4, -0.2) is 18.0 Å². The Labute approximate surface area is 98.4 Å². The Kier molecular flexibility index (Phi) is 2.08. The van der Waals surface area contributed by atoms with E-state index in [2.05, 4.69) is 4.98 Å². The number of nitrogens with zero attached hydrogens (tertiary/aromatic N) is 1. The van der Waals surface area contributed by atoms with Crippen molar-refractivity contribution in [2.24, 2.45) is 0 Å². The topological polar surface area (TPSA) is 67.3 Å². The number of hydrogen-bond acceptors (Lipinski definition) is 3. The van der Waals surface area contributed by atoms with Gasteiger partial charge in [0.15, 0.2) is 0 Å². The second-order valence-corrected chi connectivity index (χ2v) is 5.48. The monoisotopic (exact) mass is 247 g/mol. The fraction of sp³-hybridized carbons (Fsp3) is 0.0833. The summed E-state index contributed by atoms with van der Waals surface area (Å²) in [5.41, 5.74) is 1.63. The molecule has 1 N–H and O–H groups in total. The first-order chi connectivity index (χ1) is 8.05. The summed E-state index contributed by atoms with van der Waals surface area (Å²) in [5, 5.41) is 1.99. The van der Waals surface area contributed by atoms with Gasteiger partial charge in [0.1, 0.15) is 0 Å². The molecule has 17 heavy (non-hydrogen) atoms. The smallest absolute Gasteiger partial charge is 0.282 e. The molecule has 1 heterocycles. The quantitative estimate of drug-likeness (QED) is 0.783. The van der Waals surface area contributed by atoms with Gasteiger partial charge in [-0.1, -0.05) is 18.2 Å². The highest BCUT2D eigenvalue weighted by Crippen LogP contribution is 2.31. The van der Waals surface area contributed by atoms with Gasteiger partial charge in [0.2, 0.25) is 0 Å². The van der Waals surface area contributed by atoms with Crippen LogP contribution in [0.2, 0.25) is 0 Å². The summed E-state index contributed by atoms with van der Waals surface area (Å²) in [6.07, 6.45) is 5.10. The molecule has 0 saturated carbocycles. The van der Waals surface area contributed by atoms with Crippen LogP contribution in [0.15, 0.2) is 35.5 Å². The molecule has 1 aromatic carbocycles. The van der Waals surface area contributed by atoms with Crippen LogP contribution in [0.4, 0.5) is 0 Å². The molecule has 3 rings (SSSR count). The molecule has 5 heteroatoms. The van der Waals surface area contributed by atoms with E-state index in [0.29, 0.717) is 0 Å². The van der Waals surface area contributed by atoms with Gasteiger partial charge in [-0.25, -0.2) is 0 Å². The first-order valence-corrected chi connectivity index (χ1v) is 6.53. The number of allylic oxidation sites excluding steroid dienone is 1. The molecule has 1 aliphatic rings. The minimum absolute atomic E-state index is 0.0190. The van der Waals surface area contributed by atoms with E-state index < -0.39 is 10.1 Å². The molecule has 1 aliphatic carbocycles. The Morgan fingerprint density at radius 2 is 2.06 bits per heavy atom. The summed E-state index contributed by atoms with van der Waals surface area (Å²) in [4.78, 5) is 4.09. The highest BCUT2D eigenvalue weighted by molar-refractivity contribution is 7.90. The van der Waals surface area contributed by atoms with Crippen molar-refractivity contribution in [3.05, 3.63) is 46.6 Å². The summed E-state index contributed by atoms with van der Waals surface area (Å²) in [7, 11) is -4.13. The molecule has 0 atom stereocenters. The first-order valence-electron chi connectivity index (χ1n) is 5.09. The Hall–Kier alpha value is -1.72. The normalized spacial score (nSPS) is 14.8. The van der Waals surface area contributed by atoms with E-state index in [1.165, 1.54) is 6.08 Å². The number of aromatic nitrogens is 1. The maximum Gasteiger partial charge on any atom is 0.290 e. The van der Waals surface area contributed by atoms with Crippen molar-refractivity contribution in [2.45, 2.75) is 6.42 Å². The van der Waals surface area contributed by atoms with Gasteiger partial charge in [-0.05, 0) is 22.6 Å². The van der Waals surface area contributed by atoms with Crippen LogP contribution in [0, 0.1) is 0 Å². The van der Waals surface area contributed by atoms with E-state index in [0.717, 1.165) is 21.9 Å². The van der Waals surface area contributed by atoms with Crippen molar-refractivity contribution in [1.82, 2.24) is 4.98 Å². The van der Waals surface area contributed by atoms with Crippen LogP contribution in [0.25, 0.3) is 16.8 Å². The third-order valence-electron chi connectivity index (χ3n) is 2.91. The molecule has 86 valence electrons. The predicted octanol–water partition coefficient (Wildman–Crippen LogP) is 2.02. The summed E-state index contributed by atoms with van der Waals surface area (Å²) >= 11 is 0. The largest absolute Gasteiger partial charge is 0.290 e. The average Bonchev–Trinajstić information content (AvgIpc) is 2.28. The fourth-order valence-corrected chi connectivity index (χ4v) is 2.79. The lowest BCUT2D eigenvalue weighted by Gasteiger charge is -2.15. The van der Waals surface area contributed by atoms with Crippen molar-refractivity contribution < 1.29 is 13.0 Å².